The molecular formula is C26H27ClFN3O3S. The van der Waals surface area contributed by atoms with Gasteiger partial charge in [-0.1, -0.05) is 17.7 Å². The molecule has 6 nitrogen and oxygen atoms in total. The summed E-state index contributed by atoms with van der Waals surface area (Å²) < 4.78 is 18.9. The van der Waals surface area contributed by atoms with E-state index < -0.39 is 5.82 Å². The van der Waals surface area contributed by atoms with E-state index in [9.17, 15) is 14.0 Å². The molecule has 1 saturated heterocycles. The molecule has 1 fully saturated rings. The van der Waals surface area contributed by atoms with Crippen molar-refractivity contribution >= 4 is 34.8 Å². The van der Waals surface area contributed by atoms with Crippen LogP contribution in [0.2, 0.25) is 5.02 Å². The Bertz CT molecular complexity index is 1190. The lowest BCUT2D eigenvalue weighted by molar-refractivity contribution is 0.0713. The molecule has 0 saturated carbocycles. The Balaban J connectivity index is 1.28. The zero-order valence-electron chi connectivity index (χ0n) is 19.6. The van der Waals surface area contributed by atoms with E-state index in [2.05, 4.69) is 10.3 Å². The van der Waals surface area contributed by atoms with E-state index >= 15 is 0 Å². The first-order valence-electron chi connectivity index (χ1n) is 11.5. The van der Waals surface area contributed by atoms with Crippen LogP contribution < -0.4 is 10.1 Å². The Labute approximate surface area is 213 Å². The number of ether oxygens (including phenoxy) is 1. The average molecular weight is 516 g/mol. The molecule has 2 aromatic carbocycles. The van der Waals surface area contributed by atoms with Gasteiger partial charge in [0.15, 0.2) is 0 Å². The summed E-state index contributed by atoms with van der Waals surface area (Å²) in [6.45, 7) is 5.44. The van der Waals surface area contributed by atoms with Crippen molar-refractivity contribution < 1.29 is 18.7 Å². The number of amides is 2. The Kier molecular flexibility index (Phi) is 8.03. The van der Waals surface area contributed by atoms with Crippen molar-refractivity contribution in [3.63, 3.8) is 0 Å². The van der Waals surface area contributed by atoms with E-state index in [-0.39, 0.29) is 35.4 Å². The Hall–Kier alpha value is -2.97. The Morgan fingerprint density at radius 2 is 1.91 bits per heavy atom. The lowest BCUT2D eigenvalue weighted by atomic mass is 9.97. The lowest BCUT2D eigenvalue weighted by Gasteiger charge is -2.31. The number of benzene rings is 2. The molecular weight excluding hydrogens is 489 g/mol. The van der Waals surface area contributed by atoms with Crippen LogP contribution in [0.25, 0.3) is 0 Å². The predicted molar refractivity (Wildman–Crippen MR) is 135 cm³/mol. The van der Waals surface area contributed by atoms with E-state index in [4.69, 9.17) is 16.3 Å². The monoisotopic (exact) mass is 515 g/mol. The Morgan fingerprint density at radius 3 is 2.57 bits per heavy atom. The fraction of sp³-hybridized carbons (Fsp3) is 0.346. The van der Waals surface area contributed by atoms with Gasteiger partial charge in [-0.2, -0.15) is 0 Å². The van der Waals surface area contributed by atoms with Gasteiger partial charge in [0.1, 0.15) is 17.3 Å². The van der Waals surface area contributed by atoms with Crippen molar-refractivity contribution in [1.29, 1.82) is 0 Å². The molecule has 0 unspecified atom stereocenters. The second-order valence-electron chi connectivity index (χ2n) is 8.76. The predicted octanol–water partition coefficient (Wildman–Crippen LogP) is 5.67. The number of nitrogens with one attached hydrogen (secondary N) is 1. The van der Waals surface area contributed by atoms with Crippen LogP contribution >= 0.6 is 22.9 Å². The van der Waals surface area contributed by atoms with Gasteiger partial charge in [-0.25, -0.2) is 9.37 Å². The molecule has 184 valence electrons. The van der Waals surface area contributed by atoms with Crippen LogP contribution in [0.15, 0.2) is 47.8 Å². The molecule has 1 aliphatic rings. The molecule has 0 radical (unpaired) electrons. The SMILES string of the molecule is CC(C)Oc1ccc(C(=O)N2CCC(c3nc(C(=O)NCc4ccc(F)c(Cl)c4)cs3)CC2)cc1. The highest BCUT2D eigenvalue weighted by molar-refractivity contribution is 7.09. The van der Waals surface area contributed by atoms with Gasteiger partial charge in [-0.05, 0) is 68.7 Å². The minimum Gasteiger partial charge on any atom is -0.491 e. The summed E-state index contributed by atoms with van der Waals surface area (Å²) in [5.41, 5.74) is 1.72. The third-order valence-electron chi connectivity index (χ3n) is 5.80. The minimum absolute atomic E-state index is 0.0136. The van der Waals surface area contributed by atoms with Crippen molar-refractivity contribution in [2.45, 2.75) is 45.3 Å². The van der Waals surface area contributed by atoms with Gasteiger partial charge < -0.3 is 15.0 Å². The molecule has 2 amide bonds. The van der Waals surface area contributed by atoms with Gasteiger partial charge >= 0.3 is 0 Å². The molecule has 35 heavy (non-hydrogen) atoms. The third-order valence-corrected chi connectivity index (χ3v) is 7.09. The minimum atomic E-state index is -0.493. The summed E-state index contributed by atoms with van der Waals surface area (Å²) in [6, 6.07) is 11.6. The van der Waals surface area contributed by atoms with E-state index in [0.717, 1.165) is 23.6 Å². The number of aromatic nitrogens is 1. The smallest absolute Gasteiger partial charge is 0.271 e. The molecule has 1 aromatic heterocycles. The first kappa shape index (κ1) is 25.1. The molecule has 9 heteroatoms. The van der Waals surface area contributed by atoms with E-state index in [1.807, 2.05) is 30.9 Å². The van der Waals surface area contributed by atoms with Gasteiger partial charge in [-0.3, -0.25) is 9.59 Å². The molecule has 4 rings (SSSR count). The van der Waals surface area contributed by atoms with Crippen molar-refractivity contribution in [1.82, 2.24) is 15.2 Å². The number of halogens is 2. The molecule has 2 heterocycles. The summed E-state index contributed by atoms with van der Waals surface area (Å²) in [5, 5.41) is 5.47. The summed E-state index contributed by atoms with van der Waals surface area (Å²) in [4.78, 5) is 31.8. The van der Waals surface area contributed by atoms with Crippen LogP contribution in [0.1, 0.15) is 64.0 Å². The second-order valence-corrected chi connectivity index (χ2v) is 10.1. The maximum Gasteiger partial charge on any atom is 0.271 e. The van der Waals surface area contributed by atoms with Crippen molar-refractivity contribution in [2.24, 2.45) is 0 Å². The maximum absolute atomic E-state index is 13.3. The van der Waals surface area contributed by atoms with E-state index in [1.165, 1.54) is 23.5 Å². The van der Waals surface area contributed by atoms with Crippen LogP contribution in [-0.2, 0) is 6.54 Å². The van der Waals surface area contributed by atoms with Crippen molar-refractivity contribution in [3.8, 4) is 5.75 Å². The van der Waals surface area contributed by atoms with Gasteiger partial charge in [0.2, 0.25) is 0 Å². The molecule has 0 bridgehead atoms. The molecule has 3 aromatic rings. The molecule has 0 aliphatic carbocycles. The largest absolute Gasteiger partial charge is 0.491 e. The first-order valence-corrected chi connectivity index (χ1v) is 12.8. The summed E-state index contributed by atoms with van der Waals surface area (Å²) in [6.07, 6.45) is 1.67. The molecule has 0 atom stereocenters. The number of carbonyl (C=O) groups is 2. The van der Waals surface area contributed by atoms with E-state index in [0.29, 0.717) is 29.9 Å². The second kappa shape index (κ2) is 11.2. The molecule has 0 spiro atoms. The summed E-state index contributed by atoms with van der Waals surface area (Å²) in [7, 11) is 0. The zero-order valence-corrected chi connectivity index (χ0v) is 21.2. The maximum atomic E-state index is 13.3. The highest BCUT2D eigenvalue weighted by Gasteiger charge is 2.27. The number of likely N-dealkylation sites (tertiary alicyclic amines) is 1. The standard InChI is InChI=1S/C26H27ClFN3O3S/c1-16(2)34-20-6-4-19(5-7-20)26(33)31-11-9-18(10-12-31)25-30-23(15-35-25)24(32)29-14-17-3-8-22(28)21(27)13-17/h3-8,13,15-16,18H,9-12,14H2,1-2H3,(H,29,32). The molecule has 1 aliphatic heterocycles. The number of piperidine rings is 1. The lowest BCUT2D eigenvalue weighted by Crippen LogP contribution is -2.37. The summed E-state index contributed by atoms with van der Waals surface area (Å²) in [5.74, 6) is 0.196. The number of hydrogen-bond donors (Lipinski definition) is 1. The zero-order chi connectivity index (χ0) is 24.9. The topological polar surface area (TPSA) is 71.5 Å². The van der Waals surface area contributed by atoms with Gasteiger partial charge in [0.25, 0.3) is 11.8 Å². The molecule has 1 N–H and O–H groups in total. The quantitative estimate of drug-likeness (QED) is 0.440. The van der Waals surface area contributed by atoms with Crippen LogP contribution in [-0.4, -0.2) is 40.9 Å². The van der Waals surface area contributed by atoms with Crippen LogP contribution in [0.5, 0.6) is 5.75 Å². The van der Waals surface area contributed by atoms with Crippen LogP contribution in [0.4, 0.5) is 4.39 Å². The number of hydrogen-bond acceptors (Lipinski definition) is 5. The Morgan fingerprint density at radius 1 is 1.20 bits per heavy atom. The van der Waals surface area contributed by atoms with Crippen molar-refractivity contribution in [2.75, 3.05) is 13.1 Å². The van der Waals surface area contributed by atoms with Crippen LogP contribution in [0, 0.1) is 5.82 Å². The number of carbonyl (C=O) groups excluding carboxylic acids is 2. The van der Waals surface area contributed by atoms with Crippen molar-refractivity contribution in [3.05, 3.63) is 80.5 Å². The van der Waals surface area contributed by atoms with Gasteiger partial charge in [0.05, 0.1) is 16.1 Å². The third kappa shape index (κ3) is 6.38. The average Bonchev–Trinajstić information content (AvgIpc) is 3.35. The van der Waals surface area contributed by atoms with Gasteiger partial charge in [0, 0.05) is 36.5 Å². The number of nitrogens with zero attached hydrogens (tertiary/aromatic N) is 2. The first-order chi connectivity index (χ1) is 16.8. The van der Waals surface area contributed by atoms with Gasteiger partial charge in [-0.15, -0.1) is 11.3 Å². The highest BCUT2D eigenvalue weighted by Crippen LogP contribution is 2.31. The van der Waals surface area contributed by atoms with E-state index in [1.54, 1.807) is 23.6 Å². The fourth-order valence-corrected chi connectivity index (χ4v) is 5.14. The number of rotatable bonds is 7. The normalized spacial score (nSPS) is 14.3. The fourth-order valence-electron chi connectivity index (χ4n) is 3.96. The highest BCUT2D eigenvalue weighted by atomic mass is 35.5. The number of thiazole rings is 1. The summed E-state index contributed by atoms with van der Waals surface area (Å²) >= 11 is 7.26. The van der Waals surface area contributed by atoms with Crippen LogP contribution in [0.3, 0.4) is 0 Å².